The Bertz CT molecular complexity index is 358. The van der Waals surface area contributed by atoms with E-state index in [0.717, 1.165) is 30.3 Å². The summed E-state index contributed by atoms with van der Waals surface area (Å²) in [5.41, 5.74) is 1.07. The highest BCUT2D eigenvalue weighted by molar-refractivity contribution is 7.09. The molecular formula is C10H14N2O2S. The Balaban J connectivity index is 1.74. The number of carbonyl (C=O) groups is 1. The largest absolute Gasteiger partial charge is 0.481 e. The van der Waals surface area contributed by atoms with Crippen molar-refractivity contribution in [3.63, 3.8) is 0 Å². The Labute approximate surface area is 92.6 Å². The predicted molar refractivity (Wildman–Crippen MR) is 57.9 cm³/mol. The fraction of sp³-hybridized carbons (Fsp3) is 0.600. The Morgan fingerprint density at radius 2 is 2.47 bits per heavy atom. The summed E-state index contributed by atoms with van der Waals surface area (Å²) in [7, 11) is 0. The van der Waals surface area contributed by atoms with Gasteiger partial charge in [-0.1, -0.05) is 0 Å². The van der Waals surface area contributed by atoms with E-state index in [9.17, 15) is 4.79 Å². The lowest BCUT2D eigenvalue weighted by atomic mass is 9.97. The van der Waals surface area contributed by atoms with Crippen molar-refractivity contribution in [3.05, 3.63) is 16.1 Å². The third kappa shape index (κ3) is 2.76. The van der Waals surface area contributed by atoms with Crippen LogP contribution in [0.2, 0.25) is 0 Å². The average molecular weight is 226 g/mol. The summed E-state index contributed by atoms with van der Waals surface area (Å²) < 4.78 is 0. The first-order valence-electron chi connectivity index (χ1n) is 4.98. The van der Waals surface area contributed by atoms with Gasteiger partial charge in [0.15, 0.2) is 0 Å². The molecule has 0 unspecified atom stereocenters. The van der Waals surface area contributed by atoms with Crippen molar-refractivity contribution >= 4 is 17.3 Å². The van der Waals surface area contributed by atoms with Crippen LogP contribution in [0.25, 0.3) is 0 Å². The molecule has 1 N–H and O–H groups in total. The summed E-state index contributed by atoms with van der Waals surface area (Å²) in [6.07, 6.45) is 0.299. The van der Waals surface area contributed by atoms with Crippen LogP contribution in [0.5, 0.6) is 0 Å². The van der Waals surface area contributed by atoms with E-state index in [1.165, 1.54) is 0 Å². The number of carboxylic acids is 1. The molecule has 4 nitrogen and oxygen atoms in total. The second kappa shape index (κ2) is 4.28. The summed E-state index contributed by atoms with van der Waals surface area (Å²) in [4.78, 5) is 17.1. The normalized spacial score (nSPS) is 17.7. The van der Waals surface area contributed by atoms with E-state index >= 15 is 0 Å². The summed E-state index contributed by atoms with van der Waals surface area (Å²) in [5.74, 6) is -0.353. The maximum atomic E-state index is 10.4. The lowest BCUT2D eigenvalue weighted by molar-refractivity contribution is -0.139. The van der Waals surface area contributed by atoms with Gasteiger partial charge in [-0.25, -0.2) is 4.98 Å². The number of aryl methyl sites for hydroxylation is 1. The van der Waals surface area contributed by atoms with Crippen LogP contribution in [0.4, 0.5) is 0 Å². The molecule has 1 fully saturated rings. The van der Waals surface area contributed by atoms with Gasteiger partial charge in [-0.05, 0) is 12.8 Å². The fourth-order valence-electron chi connectivity index (χ4n) is 1.85. The van der Waals surface area contributed by atoms with Crippen molar-refractivity contribution in [1.29, 1.82) is 0 Å². The minimum Gasteiger partial charge on any atom is -0.481 e. The Morgan fingerprint density at radius 3 is 3.00 bits per heavy atom. The van der Waals surface area contributed by atoms with Crippen LogP contribution >= 0.6 is 11.3 Å². The number of likely N-dealkylation sites (tertiary alicyclic amines) is 1. The lowest BCUT2D eigenvalue weighted by Crippen LogP contribution is -2.46. The average Bonchev–Trinajstić information content (AvgIpc) is 2.47. The standard InChI is InChI=1S/C10H14N2O2S/c1-7-6-15-9(11-7)5-12-3-8(4-12)2-10(13)14/h6,8H,2-5H2,1H3,(H,13,14). The fourth-order valence-corrected chi connectivity index (χ4v) is 2.66. The van der Waals surface area contributed by atoms with Crippen molar-refractivity contribution in [2.24, 2.45) is 5.92 Å². The topological polar surface area (TPSA) is 53.4 Å². The minimum absolute atomic E-state index is 0.299. The molecule has 2 rings (SSSR count). The highest BCUT2D eigenvalue weighted by atomic mass is 32.1. The molecule has 5 heteroatoms. The van der Waals surface area contributed by atoms with Crippen LogP contribution in [0.3, 0.4) is 0 Å². The summed E-state index contributed by atoms with van der Waals surface area (Å²) >= 11 is 1.67. The lowest BCUT2D eigenvalue weighted by Gasteiger charge is -2.37. The molecule has 0 atom stereocenters. The Morgan fingerprint density at radius 1 is 1.73 bits per heavy atom. The number of nitrogens with zero attached hydrogens (tertiary/aromatic N) is 2. The molecule has 0 bridgehead atoms. The van der Waals surface area contributed by atoms with Gasteiger partial charge in [0.05, 0.1) is 13.0 Å². The molecule has 0 aromatic carbocycles. The van der Waals surface area contributed by atoms with E-state index in [1.54, 1.807) is 11.3 Å². The maximum Gasteiger partial charge on any atom is 0.303 e. The molecule has 15 heavy (non-hydrogen) atoms. The molecule has 0 saturated carbocycles. The van der Waals surface area contributed by atoms with Crippen LogP contribution < -0.4 is 0 Å². The molecule has 1 aromatic heterocycles. The molecule has 0 radical (unpaired) electrons. The summed E-state index contributed by atoms with van der Waals surface area (Å²) in [5, 5.41) is 11.8. The summed E-state index contributed by atoms with van der Waals surface area (Å²) in [6.45, 7) is 4.65. The highest BCUT2D eigenvalue weighted by Crippen LogP contribution is 2.22. The molecule has 82 valence electrons. The van der Waals surface area contributed by atoms with Crippen molar-refractivity contribution in [2.45, 2.75) is 19.9 Å². The number of rotatable bonds is 4. The van der Waals surface area contributed by atoms with Gasteiger partial charge >= 0.3 is 5.97 Å². The second-order valence-corrected chi connectivity index (χ2v) is 4.98. The van der Waals surface area contributed by atoms with Gasteiger partial charge in [-0.3, -0.25) is 9.69 Å². The van der Waals surface area contributed by atoms with Gasteiger partial charge < -0.3 is 5.11 Å². The third-order valence-corrected chi connectivity index (χ3v) is 3.47. The highest BCUT2D eigenvalue weighted by Gasteiger charge is 2.28. The van der Waals surface area contributed by atoms with Gasteiger partial charge in [0, 0.05) is 24.2 Å². The first-order valence-corrected chi connectivity index (χ1v) is 5.86. The van der Waals surface area contributed by atoms with E-state index < -0.39 is 5.97 Å². The third-order valence-electron chi connectivity index (χ3n) is 2.52. The molecule has 1 aliphatic rings. The maximum absolute atomic E-state index is 10.4. The van der Waals surface area contributed by atoms with Gasteiger partial charge in [0.25, 0.3) is 0 Å². The van der Waals surface area contributed by atoms with E-state index in [-0.39, 0.29) is 0 Å². The van der Waals surface area contributed by atoms with Gasteiger partial charge in [-0.15, -0.1) is 11.3 Å². The van der Waals surface area contributed by atoms with Crippen molar-refractivity contribution in [3.8, 4) is 0 Å². The number of hydrogen-bond acceptors (Lipinski definition) is 4. The molecular weight excluding hydrogens is 212 g/mol. The van der Waals surface area contributed by atoms with Gasteiger partial charge in [0.2, 0.25) is 0 Å². The SMILES string of the molecule is Cc1csc(CN2CC(CC(=O)O)C2)n1. The minimum atomic E-state index is -0.690. The molecule has 0 amide bonds. The van der Waals surface area contributed by atoms with Crippen LogP contribution in [0.1, 0.15) is 17.1 Å². The Hall–Kier alpha value is -0.940. The number of hydrogen-bond donors (Lipinski definition) is 1. The first-order chi connectivity index (χ1) is 7.13. The van der Waals surface area contributed by atoms with Crippen LogP contribution in [0.15, 0.2) is 5.38 Å². The first kappa shape index (κ1) is 10.6. The molecule has 1 saturated heterocycles. The van der Waals surface area contributed by atoms with Crippen molar-refractivity contribution < 1.29 is 9.90 Å². The van der Waals surface area contributed by atoms with E-state index in [2.05, 4.69) is 9.88 Å². The number of thiazole rings is 1. The zero-order chi connectivity index (χ0) is 10.8. The zero-order valence-corrected chi connectivity index (χ0v) is 9.46. The van der Waals surface area contributed by atoms with Crippen LogP contribution in [-0.2, 0) is 11.3 Å². The van der Waals surface area contributed by atoms with Crippen LogP contribution in [0, 0.1) is 12.8 Å². The van der Waals surface area contributed by atoms with E-state index in [0.29, 0.717) is 12.3 Å². The molecule has 1 aliphatic heterocycles. The number of aromatic nitrogens is 1. The van der Waals surface area contributed by atoms with Gasteiger partial charge in [0.1, 0.15) is 5.01 Å². The van der Waals surface area contributed by atoms with Crippen molar-refractivity contribution in [2.75, 3.05) is 13.1 Å². The molecule has 0 spiro atoms. The number of aliphatic carboxylic acids is 1. The van der Waals surface area contributed by atoms with Gasteiger partial charge in [-0.2, -0.15) is 0 Å². The van der Waals surface area contributed by atoms with E-state index in [1.807, 2.05) is 12.3 Å². The monoisotopic (exact) mass is 226 g/mol. The summed E-state index contributed by atoms with van der Waals surface area (Å²) in [6, 6.07) is 0. The smallest absolute Gasteiger partial charge is 0.303 e. The van der Waals surface area contributed by atoms with Crippen molar-refractivity contribution in [1.82, 2.24) is 9.88 Å². The Kier molecular flexibility index (Phi) is 3.02. The second-order valence-electron chi connectivity index (χ2n) is 4.04. The quantitative estimate of drug-likeness (QED) is 0.842. The van der Waals surface area contributed by atoms with E-state index in [4.69, 9.17) is 5.11 Å². The van der Waals surface area contributed by atoms with Crippen LogP contribution in [-0.4, -0.2) is 34.0 Å². The zero-order valence-electron chi connectivity index (χ0n) is 8.64. The molecule has 2 heterocycles. The molecule has 0 aliphatic carbocycles. The molecule has 1 aromatic rings. The number of carboxylic acid groups (broad SMARTS) is 1. The predicted octanol–water partition coefficient (Wildman–Crippen LogP) is 1.36.